The molecule has 3 aromatic carbocycles. The maximum Gasteiger partial charge on any atom is 0.238 e. The molecule has 0 spiro atoms. The molecule has 172 valence electrons. The van der Waals surface area contributed by atoms with E-state index in [1.165, 1.54) is 7.11 Å². The van der Waals surface area contributed by atoms with Gasteiger partial charge in [-0.05, 0) is 48.9 Å². The minimum Gasteiger partial charge on any atom is -0.495 e. The zero-order valence-corrected chi connectivity index (χ0v) is 19.7. The SMILES string of the molecule is COc1ccc(Cl)cc1NC(=O)CN(C)CC(=O)N[C@@H](C)c1ccc(-c2ccccc2)cc1. The molecule has 0 unspecified atom stereocenters. The molecule has 0 radical (unpaired) electrons. The van der Waals surface area contributed by atoms with Gasteiger partial charge in [0.25, 0.3) is 0 Å². The predicted molar refractivity (Wildman–Crippen MR) is 133 cm³/mol. The van der Waals surface area contributed by atoms with Gasteiger partial charge in [-0.3, -0.25) is 14.5 Å². The van der Waals surface area contributed by atoms with Gasteiger partial charge in [0.2, 0.25) is 11.8 Å². The van der Waals surface area contributed by atoms with Crippen molar-refractivity contribution in [1.29, 1.82) is 0 Å². The van der Waals surface area contributed by atoms with Crippen molar-refractivity contribution in [2.24, 2.45) is 0 Å². The molecule has 1 atom stereocenters. The van der Waals surface area contributed by atoms with Crippen LogP contribution in [0.2, 0.25) is 5.02 Å². The summed E-state index contributed by atoms with van der Waals surface area (Å²) >= 11 is 6.00. The van der Waals surface area contributed by atoms with Crippen LogP contribution in [0.5, 0.6) is 5.75 Å². The Labute approximate surface area is 199 Å². The van der Waals surface area contributed by atoms with Crippen LogP contribution < -0.4 is 15.4 Å². The van der Waals surface area contributed by atoms with Crippen molar-refractivity contribution in [2.75, 3.05) is 32.6 Å². The fourth-order valence-corrected chi connectivity index (χ4v) is 3.65. The van der Waals surface area contributed by atoms with E-state index in [1.807, 2.05) is 49.4 Å². The number of halogens is 1. The zero-order chi connectivity index (χ0) is 23.8. The topological polar surface area (TPSA) is 70.7 Å². The molecule has 0 aromatic heterocycles. The Hall–Kier alpha value is -3.35. The van der Waals surface area contributed by atoms with Crippen LogP contribution in [0.15, 0.2) is 72.8 Å². The highest BCUT2D eigenvalue weighted by molar-refractivity contribution is 6.31. The van der Waals surface area contributed by atoms with Crippen molar-refractivity contribution in [3.63, 3.8) is 0 Å². The summed E-state index contributed by atoms with van der Waals surface area (Å²) in [4.78, 5) is 26.5. The minimum absolute atomic E-state index is 0.0449. The van der Waals surface area contributed by atoms with Gasteiger partial charge < -0.3 is 15.4 Å². The molecule has 0 saturated carbocycles. The lowest BCUT2D eigenvalue weighted by molar-refractivity contribution is -0.123. The molecule has 0 aliphatic carbocycles. The lowest BCUT2D eigenvalue weighted by Gasteiger charge is -2.19. The van der Waals surface area contributed by atoms with E-state index < -0.39 is 0 Å². The van der Waals surface area contributed by atoms with E-state index in [0.717, 1.165) is 16.7 Å². The molecular formula is C26H28ClN3O3. The van der Waals surface area contributed by atoms with Crippen LogP contribution in [-0.2, 0) is 9.59 Å². The minimum atomic E-state index is -0.268. The second kappa shape index (κ2) is 11.5. The maximum absolute atomic E-state index is 12.5. The Morgan fingerprint density at radius 1 is 0.939 bits per heavy atom. The quantitative estimate of drug-likeness (QED) is 0.478. The number of benzene rings is 3. The Morgan fingerprint density at radius 2 is 1.58 bits per heavy atom. The van der Waals surface area contributed by atoms with Crippen molar-refractivity contribution in [3.05, 3.63) is 83.4 Å². The van der Waals surface area contributed by atoms with E-state index in [4.69, 9.17) is 16.3 Å². The Balaban J connectivity index is 1.49. The van der Waals surface area contributed by atoms with Gasteiger partial charge in [-0.1, -0.05) is 66.2 Å². The summed E-state index contributed by atoms with van der Waals surface area (Å²) < 4.78 is 5.24. The summed E-state index contributed by atoms with van der Waals surface area (Å²) in [6.07, 6.45) is 0. The molecule has 0 heterocycles. The highest BCUT2D eigenvalue weighted by Gasteiger charge is 2.15. The molecule has 2 N–H and O–H groups in total. The third-order valence-electron chi connectivity index (χ3n) is 5.16. The van der Waals surface area contributed by atoms with Gasteiger partial charge in [-0.15, -0.1) is 0 Å². The number of carbonyl (C=O) groups is 2. The van der Waals surface area contributed by atoms with E-state index in [2.05, 4.69) is 22.8 Å². The fraction of sp³-hybridized carbons (Fsp3) is 0.231. The third kappa shape index (κ3) is 7.07. The summed E-state index contributed by atoms with van der Waals surface area (Å²) in [7, 11) is 3.24. The van der Waals surface area contributed by atoms with E-state index in [9.17, 15) is 9.59 Å². The average Bonchev–Trinajstić information content (AvgIpc) is 2.79. The monoisotopic (exact) mass is 465 g/mol. The molecule has 0 aliphatic rings. The number of amides is 2. The molecule has 6 nitrogen and oxygen atoms in total. The number of likely N-dealkylation sites (N-methyl/N-ethyl adjacent to an activating group) is 1. The van der Waals surface area contributed by atoms with Crippen LogP contribution in [0.4, 0.5) is 5.69 Å². The highest BCUT2D eigenvalue weighted by atomic mass is 35.5. The van der Waals surface area contributed by atoms with Crippen molar-refractivity contribution in [2.45, 2.75) is 13.0 Å². The first-order chi connectivity index (χ1) is 15.9. The number of nitrogens with one attached hydrogen (secondary N) is 2. The first-order valence-corrected chi connectivity index (χ1v) is 11.0. The largest absolute Gasteiger partial charge is 0.495 e. The van der Waals surface area contributed by atoms with Crippen LogP contribution in [-0.4, -0.2) is 44.0 Å². The molecule has 33 heavy (non-hydrogen) atoms. The summed E-state index contributed by atoms with van der Waals surface area (Å²) in [5.41, 5.74) is 3.77. The van der Waals surface area contributed by atoms with E-state index >= 15 is 0 Å². The Bertz CT molecular complexity index is 1090. The highest BCUT2D eigenvalue weighted by Crippen LogP contribution is 2.27. The number of hydrogen-bond donors (Lipinski definition) is 2. The van der Waals surface area contributed by atoms with Crippen molar-refractivity contribution in [3.8, 4) is 16.9 Å². The maximum atomic E-state index is 12.5. The molecule has 7 heteroatoms. The van der Waals surface area contributed by atoms with Gasteiger partial charge in [-0.2, -0.15) is 0 Å². The van der Waals surface area contributed by atoms with E-state index in [1.54, 1.807) is 30.1 Å². The van der Waals surface area contributed by atoms with Gasteiger partial charge in [0, 0.05) is 5.02 Å². The number of anilines is 1. The second-order valence-corrected chi connectivity index (χ2v) is 8.28. The summed E-state index contributed by atoms with van der Waals surface area (Å²) in [5, 5.41) is 6.25. The number of hydrogen-bond acceptors (Lipinski definition) is 4. The molecule has 0 fully saturated rings. The molecular weight excluding hydrogens is 438 g/mol. The molecule has 3 aromatic rings. The third-order valence-corrected chi connectivity index (χ3v) is 5.39. The Morgan fingerprint density at radius 3 is 2.24 bits per heavy atom. The van der Waals surface area contributed by atoms with Gasteiger partial charge in [0.05, 0.1) is 31.9 Å². The number of ether oxygens (including phenoxy) is 1. The fourth-order valence-electron chi connectivity index (χ4n) is 3.48. The van der Waals surface area contributed by atoms with E-state index in [-0.39, 0.29) is 30.9 Å². The molecule has 2 amide bonds. The lowest BCUT2D eigenvalue weighted by Crippen LogP contribution is -2.39. The van der Waals surface area contributed by atoms with Crippen LogP contribution >= 0.6 is 11.6 Å². The van der Waals surface area contributed by atoms with E-state index in [0.29, 0.717) is 16.5 Å². The van der Waals surface area contributed by atoms with Crippen molar-refractivity contribution in [1.82, 2.24) is 10.2 Å². The summed E-state index contributed by atoms with van der Waals surface area (Å²) in [6, 6.07) is 23.1. The van der Waals surface area contributed by atoms with Crippen LogP contribution in [0.1, 0.15) is 18.5 Å². The van der Waals surface area contributed by atoms with Gasteiger partial charge in [0.15, 0.2) is 0 Å². The molecule has 3 rings (SSSR count). The second-order valence-electron chi connectivity index (χ2n) is 7.84. The van der Waals surface area contributed by atoms with Gasteiger partial charge in [0.1, 0.15) is 5.75 Å². The standard InChI is InChI=1S/C26H28ClN3O3/c1-18(19-9-11-21(12-10-19)20-7-5-4-6-8-20)28-25(31)16-30(2)17-26(32)29-23-15-22(27)13-14-24(23)33-3/h4-15,18H,16-17H2,1-3H3,(H,28,31)(H,29,32)/t18-/m0/s1. The van der Waals surface area contributed by atoms with Crippen molar-refractivity contribution < 1.29 is 14.3 Å². The van der Waals surface area contributed by atoms with Crippen molar-refractivity contribution >= 4 is 29.1 Å². The van der Waals surface area contributed by atoms with Gasteiger partial charge in [-0.25, -0.2) is 0 Å². The Kier molecular flexibility index (Phi) is 8.46. The van der Waals surface area contributed by atoms with Gasteiger partial charge >= 0.3 is 0 Å². The normalized spacial score (nSPS) is 11.7. The molecule has 0 saturated heterocycles. The molecule has 0 aliphatic heterocycles. The lowest BCUT2D eigenvalue weighted by atomic mass is 10.0. The number of methoxy groups -OCH3 is 1. The molecule has 0 bridgehead atoms. The first kappa shape index (κ1) is 24.3. The summed E-state index contributed by atoms with van der Waals surface area (Å²) in [6.45, 7) is 2.07. The number of nitrogens with zero attached hydrogens (tertiary/aromatic N) is 1. The number of carbonyl (C=O) groups excluding carboxylic acids is 2. The predicted octanol–water partition coefficient (Wildman–Crippen LogP) is 4.76. The smallest absolute Gasteiger partial charge is 0.238 e. The number of rotatable bonds is 9. The zero-order valence-electron chi connectivity index (χ0n) is 19.0. The van der Waals surface area contributed by atoms with Crippen LogP contribution in [0.25, 0.3) is 11.1 Å². The first-order valence-electron chi connectivity index (χ1n) is 10.6. The average molecular weight is 466 g/mol. The summed E-state index contributed by atoms with van der Waals surface area (Å²) in [5.74, 6) is 0.0842. The van der Waals surface area contributed by atoms with Crippen LogP contribution in [0, 0.1) is 0 Å². The van der Waals surface area contributed by atoms with Crippen LogP contribution in [0.3, 0.4) is 0 Å².